The van der Waals surface area contributed by atoms with Gasteiger partial charge in [0, 0.05) is 50.3 Å². The number of methoxy groups -OCH3 is 1. The molecule has 0 saturated carbocycles. The molecule has 2 N–H and O–H groups in total. The summed E-state index contributed by atoms with van der Waals surface area (Å²) in [5.41, 5.74) is 2.19. The number of piperazine rings is 1. The molecule has 3 aromatic rings. The van der Waals surface area contributed by atoms with Crippen LogP contribution in [0.5, 0.6) is 5.75 Å². The van der Waals surface area contributed by atoms with Crippen molar-refractivity contribution < 1.29 is 23.1 Å². The fourth-order valence-electron chi connectivity index (χ4n) is 5.11. The second-order valence-corrected chi connectivity index (χ2v) is 9.70. The van der Waals surface area contributed by atoms with E-state index in [0.717, 1.165) is 50.5 Å². The SMILES string of the molecule is C=CC(=O)Nc1cc(Nc2cc(N3OCC[C@@H]3c3cc(F)ccc3F)ncn2)c(OC)cc1N1CCN(CC)CC1. The van der Waals surface area contributed by atoms with Gasteiger partial charge in [-0.1, -0.05) is 13.5 Å². The van der Waals surface area contributed by atoms with Gasteiger partial charge in [0.15, 0.2) is 5.82 Å². The molecule has 3 heterocycles. The standard InChI is InChI=1S/C29H33F2N7O3/c1-4-29(39)35-22-15-23(26(40-3)16-25(22)37-11-9-36(5-2)10-12-37)34-27-17-28(33-18-32-27)38-24(8-13-41-38)20-14-19(30)6-7-21(20)31/h4,6-7,14-18,24H,1,5,8-13H2,2-3H3,(H,35,39)(H,32,33,34)/t24-/m1/s1. The molecule has 0 bridgehead atoms. The second-order valence-electron chi connectivity index (χ2n) is 9.70. The van der Waals surface area contributed by atoms with Crippen LogP contribution < -0.4 is 25.3 Å². The van der Waals surface area contributed by atoms with E-state index in [1.54, 1.807) is 19.2 Å². The van der Waals surface area contributed by atoms with E-state index in [9.17, 15) is 13.6 Å². The summed E-state index contributed by atoms with van der Waals surface area (Å²) >= 11 is 0. The third-order valence-corrected chi connectivity index (χ3v) is 7.28. The van der Waals surface area contributed by atoms with Crippen molar-refractivity contribution in [3.05, 3.63) is 72.6 Å². The van der Waals surface area contributed by atoms with Gasteiger partial charge in [0.1, 0.15) is 29.5 Å². The summed E-state index contributed by atoms with van der Waals surface area (Å²) in [5.74, 6) is -0.0481. The Hall–Kier alpha value is -4.29. The molecule has 2 aliphatic rings. The largest absolute Gasteiger partial charge is 0.494 e. The van der Waals surface area contributed by atoms with Crippen LogP contribution in [0.15, 0.2) is 55.4 Å². The van der Waals surface area contributed by atoms with Gasteiger partial charge in [-0.15, -0.1) is 0 Å². The zero-order valence-electron chi connectivity index (χ0n) is 23.1. The van der Waals surface area contributed by atoms with Crippen molar-refractivity contribution in [1.82, 2.24) is 14.9 Å². The minimum absolute atomic E-state index is 0.190. The number of ether oxygens (including phenoxy) is 1. The molecule has 10 nitrogen and oxygen atoms in total. The van der Waals surface area contributed by atoms with Crippen molar-refractivity contribution in [2.75, 3.05) is 67.0 Å². The molecule has 2 aromatic carbocycles. The lowest BCUT2D eigenvalue weighted by Gasteiger charge is -2.36. The van der Waals surface area contributed by atoms with Crippen LogP contribution in [0, 0.1) is 11.6 Å². The molecule has 2 saturated heterocycles. The lowest BCUT2D eigenvalue weighted by Crippen LogP contribution is -2.46. The number of hydrogen-bond acceptors (Lipinski definition) is 9. The Morgan fingerprint density at radius 3 is 2.68 bits per heavy atom. The number of nitrogens with one attached hydrogen (secondary N) is 2. The number of carbonyl (C=O) groups excluding carboxylic acids is 1. The fraction of sp³-hybridized carbons (Fsp3) is 0.345. The molecule has 1 amide bonds. The van der Waals surface area contributed by atoms with E-state index in [-0.39, 0.29) is 11.5 Å². The number of nitrogens with zero attached hydrogens (tertiary/aromatic N) is 5. The van der Waals surface area contributed by atoms with Crippen LogP contribution in [0.3, 0.4) is 0 Å². The fourth-order valence-corrected chi connectivity index (χ4v) is 5.11. The van der Waals surface area contributed by atoms with Gasteiger partial charge in [0.2, 0.25) is 5.91 Å². The maximum atomic E-state index is 14.6. The number of rotatable bonds is 9. The summed E-state index contributed by atoms with van der Waals surface area (Å²) in [6.07, 6.45) is 3.04. The molecule has 0 radical (unpaired) electrons. The molecule has 0 unspecified atom stereocenters. The summed E-state index contributed by atoms with van der Waals surface area (Å²) < 4.78 is 34.2. The quantitative estimate of drug-likeness (QED) is 0.360. The van der Waals surface area contributed by atoms with Crippen molar-refractivity contribution in [3.8, 4) is 5.75 Å². The molecule has 1 aromatic heterocycles. The molecule has 41 heavy (non-hydrogen) atoms. The number of benzene rings is 2. The number of likely N-dealkylation sites (N-methyl/N-ethyl adjacent to an activating group) is 1. The number of anilines is 5. The monoisotopic (exact) mass is 565 g/mol. The number of hydrogen-bond donors (Lipinski definition) is 2. The van der Waals surface area contributed by atoms with E-state index in [1.165, 1.54) is 23.5 Å². The Kier molecular flexibility index (Phi) is 8.60. The van der Waals surface area contributed by atoms with Crippen molar-refractivity contribution >= 4 is 34.6 Å². The molecule has 0 spiro atoms. The first-order valence-electron chi connectivity index (χ1n) is 13.5. The Morgan fingerprint density at radius 1 is 1.15 bits per heavy atom. The van der Waals surface area contributed by atoms with Crippen molar-refractivity contribution in [3.63, 3.8) is 0 Å². The van der Waals surface area contributed by atoms with Crippen LogP contribution in [0.1, 0.15) is 24.9 Å². The number of amides is 1. The van der Waals surface area contributed by atoms with Gasteiger partial charge in [0.05, 0.1) is 36.8 Å². The molecule has 216 valence electrons. The lowest BCUT2D eigenvalue weighted by atomic mass is 10.0. The van der Waals surface area contributed by atoms with E-state index in [0.29, 0.717) is 41.8 Å². The van der Waals surface area contributed by atoms with Crippen molar-refractivity contribution in [2.45, 2.75) is 19.4 Å². The van der Waals surface area contributed by atoms with Crippen LogP contribution in [0.2, 0.25) is 0 Å². The molecule has 5 rings (SSSR count). The van der Waals surface area contributed by atoms with Crippen LogP contribution in [-0.4, -0.2) is 67.2 Å². The summed E-state index contributed by atoms with van der Waals surface area (Å²) in [7, 11) is 1.57. The summed E-state index contributed by atoms with van der Waals surface area (Å²) in [5, 5.41) is 7.63. The maximum Gasteiger partial charge on any atom is 0.247 e. The van der Waals surface area contributed by atoms with Crippen LogP contribution in [-0.2, 0) is 9.63 Å². The van der Waals surface area contributed by atoms with Crippen molar-refractivity contribution in [2.24, 2.45) is 0 Å². The highest BCUT2D eigenvalue weighted by molar-refractivity contribution is 6.02. The topological polar surface area (TPSA) is 95.1 Å². The summed E-state index contributed by atoms with van der Waals surface area (Å²) in [4.78, 5) is 31.3. The van der Waals surface area contributed by atoms with Gasteiger partial charge < -0.3 is 25.2 Å². The molecule has 2 aliphatic heterocycles. The molecular weight excluding hydrogens is 532 g/mol. The average Bonchev–Trinajstić information content (AvgIpc) is 3.48. The van der Waals surface area contributed by atoms with Gasteiger partial charge in [-0.05, 0) is 36.9 Å². The van der Waals surface area contributed by atoms with E-state index in [1.807, 2.05) is 6.07 Å². The smallest absolute Gasteiger partial charge is 0.247 e. The minimum Gasteiger partial charge on any atom is -0.494 e. The maximum absolute atomic E-state index is 14.6. The first-order chi connectivity index (χ1) is 19.9. The molecule has 2 fully saturated rings. The van der Waals surface area contributed by atoms with Gasteiger partial charge in [-0.2, -0.15) is 0 Å². The van der Waals surface area contributed by atoms with E-state index < -0.39 is 17.7 Å². The number of aromatic nitrogens is 2. The van der Waals surface area contributed by atoms with Crippen LogP contribution in [0.25, 0.3) is 0 Å². The molecule has 12 heteroatoms. The van der Waals surface area contributed by atoms with Gasteiger partial charge in [-0.3, -0.25) is 9.63 Å². The molecule has 0 aliphatic carbocycles. The zero-order chi connectivity index (χ0) is 28.9. The predicted molar refractivity (Wildman–Crippen MR) is 154 cm³/mol. The minimum atomic E-state index is -0.559. The zero-order valence-corrected chi connectivity index (χ0v) is 23.1. The number of hydroxylamine groups is 1. The van der Waals surface area contributed by atoms with Crippen molar-refractivity contribution in [1.29, 1.82) is 0 Å². The molecule has 1 atom stereocenters. The lowest BCUT2D eigenvalue weighted by molar-refractivity contribution is -0.111. The van der Waals surface area contributed by atoms with E-state index in [2.05, 4.69) is 43.9 Å². The van der Waals surface area contributed by atoms with E-state index in [4.69, 9.17) is 9.57 Å². The van der Waals surface area contributed by atoms with Gasteiger partial charge in [-0.25, -0.2) is 23.8 Å². The Morgan fingerprint density at radius 2 is 1.95 bits per heavy atom. The number of carbonyl (C=O) groups is 1. The first-order valence-corrected chi connectivity index (χ1v) is 13.5. The highest BCUT2D eigenvalue weighted by Gasteiger charge is 2.31. The Bertz CT molecular complexity index is 1420. The Balaban J connectivity index is 1.44. The number of halogens is 2. The third kappa shape index (κ3) is 6.23. The highest BCUT2D eigenvalue weighted by Crippen LogP contribution is 2.40. The molecular formula is C29H33F2N7O3. The van der Waals surface area contributed by atoms with E-state index >= 15 is 0 Å². The first kappa shape index (κ1) is 28.2. The van der Waals surface area contributed by atoms with Crippen LogP contribution in [0.4, 0.5) is 37.5 Å². The van der Waals surface area contributed by atoms with Gasteiger partial charge in [0.25, 0.3) is 0 Å². The normalized spacial score (nSPS) is 17.4. The third-order valence-electron chi connectivity index (χ3n) is 7.28. The second kappa shape index (κ2) is 12.5. The predicted octanol–water partition coefficient (Wildman–Crippen LogP) is 4.66. The summed E-state index contributed by atoms with van der Waals surface area (Å²) in [6, 6.07) is 8.14. The summed E-state index contributed by atoms with van der Waals surface area (Å²) in [6.45, 7) is 10.5. The van der Waals surface area contributed by atoms with Gasteiger partial charge >= 0.3 is 0 Å². The Labute approximate surface area is 237 Å². The van der Waals surface area contributed by atoms with Crippen LogP contribution >= 0.6 is 0 Å². The average molecular weight is 566 g/mol. The highest BCUT2D eigenvalue weighted by atomic mass is 19.1.